The molecule has 154 valence electrons. The van der Waals surface area contributed by atoms with Gasteiger partial charge in [0.25, 0.3) is 0 Å². The molecule has 0 bridgehead atoms. The summed E-state index contributed by atoms with van der Waals surface area (Å²) < 4.78 is 15.9. The fraction of sp³-hybridized carbons (Fsp3) is 0.240. The number of carboxylic acid groups (broad SMARTS) is 1. The molecule has 0 aliphatic carbocycles. The number of fused-ring (bicyclic) bond motifs is 2. The summed E-state index contributed by atoms with van der Waals surface area (Å²) in [6.07, 6.45) is 0. The van der Waals surface area contributed by atoms with E-state index >= 15 is 0 Å². The number of carboxylic acids is 1. The van der Waals surface area contributed by atoms with Crippen LogP contribution in [0.2, 0.25) is 0 Å². The predicted octanol–water partition coefficient (Wildman–Crippen LogP) is 5.52. The largest absolute Gasteiger partial charge is 0.477 e. The Morgan fingerprint density at radius 3 is 2.53 bits per heavy atom. The third kappa shape index (κ3) is 3.57. The van der Waals surface area contributed by atoms with Gasteiger partial charge in [-0.15, -0.1) is 0 Å². The lowest BCUT2D eigenvalue weighted by Crippen LogP contribution is -2.26. The third-order valence-corrected chi connectivity index (χ3v) is 5.83. The zero-order valence-corrected chi connectivity index (χ0v) is 17.4. The van der Waals surface area contributed by atoms with Gasteiger partial charge in [-0.1, -0.05) is 42.5 Å². The molecule has 0 fully saturated rings. The van der Waals surface area contributed by atoms with Gasteiger partial charge in [0.05, 0.1) is 0 Å². The average molecular weight is 404 g/mol. The molecule has 0 saturated carbocycles. The molecule has 0 amide bonds. The van der Waals surface area contributed by atoms with Crippen molar-refractivity contribution in [2.75, 3.05) is 7.05 Å². The molecule has 4 aromatic rings. The van der Waals surface area contributed by atoms with Crippen LogP contribution in [0.3, 0.4) is 0 Å². The number of carbonyl (C=O) groups is 1. The first-order valence-electron chi connectivity index (χ1n) is 10.1. The van der Waals surface area contributed by atoms with Crippen molar-refractivity contribution in [2.24, 2.45) is 0 Å². The molecule has 1 N–H and O–H groups in total. The highest BCUT2D eigenvalue weighted by Crippen LogP contribution is 2.31. The molecular weight excluding hydrogens is 379 g/mol. The van der Waals surface area contributed by atoms with Gasteiger partial charge in [0.2, 0.25) is 0 Å². The van der Waals surface area contributed by atoms with Gasteiger partial charge in [0.1, 0.15) is 11.5 Å². The van der Waals surface area contributed by atoms with E-state index in [-0.39, 0.29) is 17.6 Å². The lowest BCUT2D eigenvalue weighted by atomic mass is 10.0. The van der Waals surface area contributed by atoms with Gasteiger partial charge < -0.3 is 9.67 Å². The van der Waals surface area contributed by atoms with Crippen LogP contribution < -0.4 is 0 Å². The van der Waals surface area contributed by atoms with Crippen LogP contribution in [0.25, 0.3) is 21.7 Å². The molecule has 0 saturated heterocycles. The fourth-order valence-corrected chi connectivity index (χ4v) is 4.00. The second-order valence-corrected chi connectivity index (χ2v) is 8.03. The second-order valence-electron chi connectivity index (χ2n) is 8.03. The van der Waals surface area contributed by atoms with Crippen molar-refractivity contribution in [1.82, 2.24) is 9.47 Å². The van der Waals surface area contributed by atoms with Gasteiger partial charge in [-0.3, -0.25) is 4.90 Å². The quantitative estimate of drug-likeness (QED) is 0.460. The summed E-state index contributed by atoms with van der Waals surface area (Å²) in [5, 5.41) is 13.0. The lowest BCUT2D eigenvalue weighted by molar-refractivity contribution is 0.0683. The van der Waals surface area contributed by atoms with E-state index in [1.165, 1.54) is 12.1 Å². The number of hydrogen-bond acceptors (Lipinski definition) is 2. The normalized spacial score (nSPS) is 11.8. The number of halogens is 1. The minimum atomic E-state index is -1.00. The molecule has 1 aromatic heterocycles. The number of nitrogens with zero attached hydrogens (tertiary/aromatic N) is 2. The van der Waals surface area contributed by atoms with E-state index in [4.69, 9.17) is 0 Å². The van der Waals surface area contributed by atoms with Crippen molar-refractivity contribution in [3.63, 3.8) is 0 Å². The molecule has 0 aliphatic rings. The molecule has 30 heavy (non-hydrogen) atoms. The first-order chi connectivity index (χ1) is 14.4. The zero-order chi connectivity index (χ0) is 21.4. The Kier molecular flexibility index (Phi) is 5.31. The van der Waals surface area contributed by atoms with Gasteiger partial charge in [-0.05, 0) is 55.4 Å². The molecule has 0 radical (unpaired) electrons. The number of aromatic nitrogens is 1. The standard InChI is InChI=1S/C25H25FN2O2/c1-16(2)27(3)15-22-21-13-19(26)11-12-23(21)28(24(22)25(29)30)14-18-9-6-8-17-7-4-5-10-20(17)18/h4-13,16H,14-15H2,1-3H3,(H,29,30). The second kappa shape index (κ2) is 7.92. The Morgan fingerprint density at radius 1 is 1.07 bits per heavy atom. The van der Waals surface area contributed by atoms with Gasteiger partial charge in [0, 0.05) is 35.6 Å². The maximum atomic E-state index is 14.1. The Balaban J connectivity index is 1.94. The Bertz CT molecular complexity index is 1240. The molecule has 4 nitrogen and oxygen atoms in total. The maximum Gasteiger partial charge on any atom is 0.352 e. The lowest BCUT2D eigenvalue weighted by Gasteiger charge is -2.21. The van der Waals surface area contributed by atoms with E-state index < -0.39 is 5.97 Å². The minimum absolute atomic E-state index is 0.219. The molecule has 3 aromatic carbocycles. The monoisotopic (exact) mass is 404 g/mol. The fourth-order valence-electron chi connectivity index (χ4n) is 4.00. The molecule has 0 spiro atoms. The maximum absolute atomic E-state index is 14.1. The van der Waals surface area contributed by atoms with E-state index in [2.05, 4.69) is 18.7 Å². The molecule has 4 rings (SSSR count). The van der Waals surface area contributed by atoms with Crippen LogP contribution in [0.1, 0.15) is 35.5 Å². The number of benzene rings is 3. The number of hydrogen-bond donors (Lipinski definition) is 1. The summed E-state index contributed by atoms with van der Waals surface area (Å²) in [7, 11) is 1.95. The van der Waals surface area contributed by atoms with Gasteiger partial charge in [0.15, 0.2) is 0 Å². The van der Waals surface area contributed by atoms with Crippen molar-refractivity contribution in [3.05, 3.63) is 83.3 Å². The molecular formula is C25H25FN2O2. The SMILES string of the molecule is CC(C)N(C)Cc1c(C(=O)O)n(Cc2cccc3ccccc23)c2ccc(F)cc12. The minimum Gasteiger partial charge on any atom is -0.477 e. The van der Waals surface area contributed by atoms with Crippen molar-refractivity contribution >= 4 is 27.6 Å². The third-order valence-electron chi connectivity index (χ3n) is 5.83. The summed E-state index contributed by atoms with van der Waals surface area (Å²) in [6.45, 7) is 4.94. The van der Waals surface area contributed by atoms with E-state index in [0.29, 0.717) is 24.0 Å². The van der Waals surface area contributed by atoms with E-state index in [1.54, 1.807) is 6.07 Å². The van der Waals surface area contributed by atoms with Crippen LogP contribution in [0.4, 0.5) is 4.39 Å². The van der Waals surface area contributed by atoms with Crippen LogP contribution in [0.5, 0.6) is 0 Å². The van der Waals surface area contributed by atoms with E-state index in [1.807, 2.05) is 54.1 Å². The van der Waals surface area contributed by atoms with Crippen LogP contribution in [0, 0.1) is 5.82 Å². The summed E-state index contributed by atoms with van der Waals surface area (Å²) in [5.41, 5.74) is 2.62. The molecule has 1 heterocycles. The van der Waals surface area contributed by atoms with E-state index in [0.717, 1.165) is 21.9 Å². The van der Waals surface area contributed by atoms with Crippen molar-refractivity contribution in [3.8, 4) is 0 Å². The zero-order valence-electron chi connectivity index (χ0n) is 17.4. The first kappa shape index (κ1) is 20.1. The van der Waals surface area contributed by atoms with Crippen LogP contribution >= 0.6 is 0 Å². The topological polar surface area (TPSA) is 45.5 Å². The van der Waals surface area contributed by atoms with Crippen molar-refractivity contribution in [2.45, 2.75) is 33.0 Å². The Labute approximate surface area is 175 Å². The average Bonchev–Trinajstić information content (AvgIpc) is 3.00. The summed E-state index contributed by atoms with van der Waals surface area (Å²) >= 11 is 0. The number of rotatable bonds is 6. The highest BCUT2D eigenvalue weighted by molar-refractivity contribution is 5.98. The summed E-state index contributed by atoms with van der Waals surface area (Å²) in [4.78, 5) is 14.4. The van der Waals surface area contributed by atoms with Gasteiger partial charge >= 0.3 is 5.97 Å². The van der Waals surface area contributed by atoms with Crippen molar-refractivity contribution in [1.29, 1.82) is 0 Å². The summed E-state index contributed by atoms with van der Waals surface area (Å²) in [5.74, 6) is -1.37. The molecule has 0 unspecified atom stereocenters. The summed E-state index contributed by atoms with van der Waals surface area (Å²) in [6, 6.07) is 18.9. The highest BCUT2D eigenvalue weighted by atomic mass is 19.1. The predicted molar refractivity (Wildman–Crippen MR) is 119 cm³/mol. The number of aromatic carboxylic acids is 1. The Hall–Kier alpha value is -3.18. The highest BCUT2D eigenvalue weighted by Gasteiger charge is 2.24. The van der Waals surface area contributed by atoms with Gasteiger partial charge in [-0.25, -0.2) is 9.18 Å². The van der Waals surface area contributed by atoms with Crippen LogP contribution in [-0.4, -0.2) is 33.6 Å². The smallest absolute Gasteiger partial charge is 0.352 e. The van der Waals surface area contributed by atoms with Crippen LogP contribution in [0.15, 0.2) is 60.7 Å². The molecule has 5 heteroatoms. The van der Waals surface area contributed by atoms with E-state index in [9.17, 15) is 14.3 Å². The Morgan fingerprint density at radius 2 is 1.80 bits per heavy atom. The molecule has 0 aliphatic heterocycles. The first-order valence-corrected chi connectivity index (χ1v) is 10.1. The van der Waals surface area contributed by atoms with Crippen molar-refractivity contribution < 1.29 is 14.3 Å². The van der Waals surface area contributed by atoms with Gasteiger partial charge in [-0.2, -0.15) is 0 Å². The molecule has 0 atom stereocenters. The van der Waals surface area contributed by atoms with Crippen LogP contribution in [-0.2, 0) is 13.1 Å².